The van der Waals surface area contributed by atoms with Gasteiger partial charge in [-0.05, 0) is 28.2 Å². The zero-order valence-electron chi connectivity index (χ0n) is 19.3. The van der Waals surface area contributed by atoms with Gasteiger partial charge in [-0.25, -0.2) is 9.59 Å². The number of likely N-dealkylation sites (tertiary alicyclic amines) is 1. The van der Waals surface area contributed by atoms with Crippen molar-refractivity contribution in [2.24, 2.45) is 5.92 Å². The maximum atomic E-state index is 12.8. The predicted molar refractivity (Wildman–Crippen MR) is 125 cm³/mol. The molecule has 0 bridgehead atoms. The van der Waals surface area contributed by atoms with Gasteiger partial charge in [-0.3, -0.25) is 4.79 Å². The van der Waals surface area contributed by atoms with Crippen LogP contribution >= 0.6 is 0 Å². The molecular weight excluding hydrogens is 436 g/mol. The molecule has 0 aromatic heterocycles. The third kappa shape index (κ3) is 4.77. The summed E-state index contributed by atoms with van der Waals surface area (Å²) < 4.78 is 5.59. The molecular formula is C26H30N2O6. The number of carbonyl (C=O) groups is 3. The van der Waals surface area contributed by atoms with Gasteiger partial charge in [0.05, 0.1) is 6.10 Å². The second-order valence-corrected chi connectivity index (χ2v) is 9.31. The molecule has 2 aromatic rings. The molecule has 8 heteroatoms. The minimum Gasteiger partial charge on any atom is -0.480 e. The molecule has 1 heterocycles. The molecule has 0 radical (unpaired) electrons. The van der Waals surface area contributed by atoms with E-state index in [1.807, 2.05) is 50.2 Å². The predicted octanol–water partition coefficient (Wildman–Crippen LogP) is 2.99. The van der Waals surface area contributed by atoms with Gasteiger partial charge in [-0.1, -0.05) is 62.4 Å². The molecule has 1 aliphatic carbocycles. The second kappa shape index (κ2) is 9.85. The molecule has 1 unspecified atom stereocenters. The number of nitrogens with one attached hydrogen (secondary N) is 1. The van der Waals surface area contributed by atoms with Crippen molar-refractivity contribution in [1.82, 2.24) is 10.2 Å². The molecule has 0 saturated carbocycles. The topological polar surface area (TPSA) is 116 Å². The number of aliphatic carboxylic acids is 1. The Morgan fingerprint density at radius 1 is 1.06 bits per heavy atom. The van der Waals surface area contributed by atoms with E-state index in [4.69, 9.17) is 4.74 Å². The number of rotatable bonds is 7. The van der Waals surface area contributed by atoms with Crippen LogP contribution in [0.3, 0.4) is 0 Å². The lowest BCUT2D eigenvalue weighted by Crippen LogP contribution is -2.46. The SMILES string of the molecule is CC(C)[C@@H](CC(=O)N1CC(O)C[C@H]1C(=O)O)NC(=O)OCC1c2ccccc2-c2ccccc21. The van der Waals surface area contributed by atoms with E-state index < -0.39 is 36.2 Å². The molecule has 2 aromatic carbocycles. The van der Waals surface area contributed by atoms with Gasteiger partial charge >= 0.3 is 12.1 Å². The van der Waals surface area contributed by atoms with E-state index in [1.54, 1.807) is 0 Å². The Morgan fingerprint density at radius 3 is 2.21 bits per heavy atom. The maximum Gasteiger partial charge on any atom is 0.407 e. The van der Waals surface area contributed by atoms with Crippen LogP contribution < -0.4 is 5.32 Å². The quantitative estimate of drug-likeness (QED) is 0.578. The Bertz CT molecular complexity index is 1040. The van der Waals surface area contributed by atoms with E-state index in [2.05, 4.69) is 17.4 Å². The molecule has 2 aliphatic rings. The number of β-amino-alcohol motifs (C(OH)–C–C–N with tert-alkyl or cyclic N) is 1. The van der Waals surface area contributed by atoms with Crippen molar-refractivity contribution in [3.63, 3.8) is 0 Å². The van der Waals surface area contributed by atoms with Crippen LogP contribution in [0.4, 0.5) is 4.79 Å². The lowest BCUT2D eigenvalue weighted by atomic mass is 9.98. The molecule has 3 N–H and O–H groups in total. The van der Waals surface area contributed by atoms with Crippen LogP contribution in [0.5, 0.6) is 0 Å². The summed E-state index contributed by atoms with van der Waals surface area (Å²) >= 11 is 0. The zero-order valence-corrected chi connectivity index (χ0v) is 19.3. The Labute approximate surface area is 198 Å². The van der Waals surface area contributed by atoms with Crippen molar-refractivity contribution in [2.75, 3.05) is 13.2 Å². The fraction of sp³-hybridized carbons (Fsp3) is 0.423. The Hall–Kier alpha value is -3.39. The van der Waals surface area contributed by atoms with Crippen molar-refractivity contribution in [1.29, 1.82) is 0 Å². The molecule has 3 atom stereocenters. The van der Waals surface area contributed by atoms with E-state index in [0.29, 0.717) is 0 Å². The smallest absolute Gasteiger partial charge is 0.407 e. The molecule has 8 nitrogen and oxygen atoms in total. The minimum absolute atomic E-state index is 0.00717. The molecule has 1 aliphatic heterocycles. The van der Waals surface area contributed by atoms with Gasteiger partial charge < -0.3 is 25.2 Å². The maximum absolute atomic E-state index is 12.8. The van der Waals surface area contributed by atoms with Crippen LogP contribution in [0.25, 0.3) is 11.1 Å². The second-order valence-electron chi connectivity index (χ2n) is 9.31. The third-order valence-corrected chi connectivity index (χ3v) is 6.73. The van der Waals surface area contributed by atoms with Crippen LogP contribution in [0.1, 0.15) is 43.7 Å². The van der Waals surface area contributed by atoms with Crippen molar-refractivity contribution in [3.8, 4) is 11.1 Å². The summed E-state index contributed by atoms with van der Waals surface area (Å²) in [5.41, 5.74) is 4.50. The molecule has 1 fully saturated rings. The standard InChI is InChI=1S/C26H30N2O6/c1-15(2)22(12-24(30)28-13-16(29)11-23(28)25(31)32)27-26(33)34-14-21-19-9-5-3-7-17(19)18-8-4-6-10-20(18)21/h3-10,15-16,21-23,29H,11-14H2,1-2H3,(H,27,33)(H,31,32)/t16?,22-,23+/m1/s1. The number of hydrogen-bond donors (Lipinski definition) is 3. The number of nitrogens with zero attached hydrogens (tertiary/aromatic N) is 1. The van der Waals surface area contributed by atoms with E-state index in [0.717, 1.165) is 22.3 Å². The number of carboxylic acid groups (broad SMARTS) is 1. The van der Waals surface area contributed by atoms with Gasteiger partial charge in [0.15, 0.2) is 0 Å². The van der Waals surface area contributed by atoms with Crippen molar-refractivity contribution in [2.45, 2.75) is 50.8 Å². The first-order valence-electron chi connectivity index (χ1n) is 11.6. The van der Waals surface area contributed by atoms with Crippen molar-refractivity contribution >= 4 is 18.0 Å². The van der Waals surface area contributed by atoms with Gasteiger partial charge in [-0.15, -0.1) is 0 Å². The minimum atomic E-state index is -1.14. The number of hydrogen-bond acceptors (Lipinski definition) is 5. The largest absolute Gasteiger partial charge is 0.480 e. The number of aliphatic hydroxyl groups is 1. The van der Waals surface area contributed by atoms with Crippen LogP contribution in [-0.4, -0.2) is 64.4 Å². The molecule has 180 valence electrons. The third-order valence-electron chi connectivity index (χ3n) is 6.73. The lowest BCUT2D eigenvalue weighted by molar-refractivity contribution is -0.148. The van der Waals surface area contributed by atoms with Crippen molar-refractivity contribution < 1.29 is 29.3 Å². The van der Waals surface area contributed by atoms with E-state index in [-0.39, 0.29) is 37.8 Å². The summed E-state index contributed by atoms with van der Waals surface area (Å²) in [6, 6.07) is 14.5. The summed E-state index contributed by atoms with van der Waals surface area (Å²) in [5.74, 6) is -1.71. The van der Waals surface area contributed by atoms with Crippen LogP contribution in [-0.2, 0) is 14.3 Å². The number of benzene rings is 2. The van der Waals surface area contributed by atoms with Gasteiger partial charge in [0.1, 0.15) is 12.6 Å². The highest BCUT2D eigenvalue weighted by molar-refractivity contribution is 5.85. The Balaban J connectivity index is 1.39. The molecule has 0 spiro atoms. The highest BCUT2D eigenvalue weighted by Gasteiger charge is 2.39. The van der Waals surface area contributed by atoms with Gasteiger partial charge in [0.25, 0.3) is 0 Å². The summed E-state index contributed by atoms with van der Waals surface area (Å²) in [4.78, 5) is 38.1. The number of fused-ring (bicyclic) bond motifs is 3. The average Bonchev–Trinajstić information content (AvgIpc) is 3.35. The lowest BCUT2D eigenvalue weighted by Gasteiger charge is -2.27. The van der Waals surface area contributed by atoms with Crippen LogP contribution in [0.2, 0.25) is 0 Å². The number of amides is 2. The Morgan fingerprint density at radius 2 is 1.65 bits per heavy atom. The van der Waals surface area contributed by atoms with Gasteiger partial charge in [0, 0.05) is 31.3 Å². The van der Waals surface area contributed by atoms with Crippen LogP contribution in [0.15, 0.2) is 48.5 Å². The number of carboxylic acids is 1. The van der Waals surface area contributed by atoms with E-state index >= 15 is 0 Å². The van der Waals surface area contributed by atoms with Gasteiger partial charge in [-0.2, -0.15) is 0 Å². The fourth-order valence-electron chi connectivity index (χ4n) is 4.87. The number of ether oxygens (including phenoxy) is 1. The van der Waals surface area contributed by atoms with E-state index in [9.17, 15) is 24.6 Å². The molecule has 34 heavy (non-hydrogen) atoms. The first kappa shape index (κ1) is 23.8. The summed E-state index contributed by atoms with van der Waals surface area (Å²) in [7, 11) is 0. The van der Waals surface area contributed by atoms with E-state index in [1.165, 1.54) is 4.90 Å². The highest BCUT2D eigenvalue weighted by Crippen LogP contribution is 2.44. The van der Waals surface area contributed by atoms with Crippen LogP contribution in [0, 0.1) is 5.92 Å². The summed E-state index contributed by atoms with van der Waals surface area (Å²) in [6.07, 6.45) is -1.55. The normalized spacial score (nSPS) is 20.1. The first-order chi connectivity index (χ1) is 16.3. The zero-order chi connectivity index (χ0) is 24.4. The van der Waals surface area contributed by atoms with Gasteiger partial charge in [0.2, 0.25) is 5.91 Å². The number of carbonyl (C=O) groups excluding carboxylic acids is 2. The summed E-state index contributed by atoms with van der Waals surface area (Å²) in [5, 5.41) is 22.0. The van der Waals surface area contributed by atoms with Crippen molar-refractivity contribution in [3.05, 3.63) is 59.7 Å². The number of alkyl carbamates (subject to hydrolysis) is 1. The Kier molecular flexibility index (Phi) is 6.88. The molecule has 1 saturated heterocycles. The first-order valence-corrected chi connectivity index (χ1v) is 11.6. The number of aliphatic hydroxyl groups excluding tert-OH is 1. The highest BCUT2D eigenvalue weighted by atomic mass is 16.5. The summed E-state index contributed by atoms with van der Waals surface area (Å²) in [6.45, 7) is 3.88. The fourth-order valence-corrected chi connectivity index (χ4v) is 4.87. The monoisotopic (exact) mass is 466 g/mol. The average molecular weight is 467 g/mol. The molecule has 2 amide bonds. The molecule has 4 rings (SSSR count).